The van der Waals surface area contributed by atoms with Gasteiger partial charge in [-0.25, -0.2) is 4.98 Å². The van der Waals surface area contributed by atoms with Crippen molar-refractivity contribution in [2.45, 2.75) is 31.3 Å². The average Bonchev–Trinajstić information content (AvgIpc) is 3.36. The molecule has 0 aliphatic carbocycles. The van der Waals surface area contributed by atoms with Crippen LogP contribution in [-0.4, -0.2) is 42.8 Å². The van der Waals surface area contributed by atoms with E-state index in [1.165, 1.54) is 12.1 Å². The van der Waals surface area contributed by atoms with Crippen LogP contribution < -0.4 is 0 Å². The molecule has 0 bridgehead atoms. The van der Waals surface area contributed by atoms with Crippen LogP contribution in [0.5, 0.6) is 0 Å². The van der Waals surface area contributed by atoms with Crippen LogP contribution in [0.25, 0.3) is 11.4 Å². The highest BCUT2D eigenvalue weighted by Gasteiger charge is 2.36. The van der Waals surface area contributed by atoms with Crippen molar-refractivity contribution in [2.75, 3.05) is 6.54 Å². The van der Waals surface area contributed by atoms with Gasteiger partial charge in [-0.2, -0.15) is 18.2 Å². The summed E-state index contributed by atoms with van der Waals surface area (Å²) in [6.45, 7) is 0.913. The van der Waals surface area contributed by atoms with Crippen LogP contribution in [0.2, 0.25) is 0 Å². The molecule has 7 nitrogen and oxygen atoms in total. The van der Waals surface area contributed by atoms with Gasteiger partial charge in [0.2, 0.25) is 11.7 Å². The molecule has 2 N–H and O–H groups in total. The number of aromatic amines is 1. The first kappa shape index (κ1) is 17.7. The second-order valence-electron chi connectivity index (χ2n) is 6.40. The normalized spacial score (nSPS) is 21.0. The molecule has 2 unspecified atom stereocenters. The second-order valence-corrected chi connectivity index (χ2v) is 6.40. The van der Waals surface area contributed by atoms with E-state index in [2.05, 4.69) is 20.1 Å². The van der Waals surface area contributed by atoms with Gasteiger partial charge < -0.3 is 14.6 Å². The van der Waals surface area contributed by atoms with Crippen molar-refractivity contribution in [3.8, 4) is 11.4 Å². The fourth-order valence-corrected chi connectivity index (χ4v) is 3.18. The van der Waals surface area contributed by atoms with Gasteiger partial charge >= 0.3 is 6.18 Å². The molecule has 3 heterocycles. The zero-order valence-corrected chi connectivity index (χ0v) is 14.0. The number of aliphatic hydroxyl groups is 1. The Morgan fingerprint density at radius 1 is 1.26 bits per heavy atom. The Morgan fingerprint density at radius 3 is 2.70 bits per heavy atom. The van der Waals surface area contributed by atoms with E-state index >= 15 is 0 Å². The number of rotatable bonds is 4. The van der Waals surface area contributed by atoms with E-state index in [0.717, 1.165) is 18.0 Å². The molecule has 142 valence electrons. The molecule has 2 aromatic heterocycles. The number of alkyl halides is 3. The van der Waals surface area contributed by atoms with Crippen LogP contribution >= 0.6 is 0 Å². The minimum atomic E-state index is -4.40. The molecule has 1 aliphatic heterocycles. The number of aromatic nitrogens is 4. The molecule has 3 aromatic rings. The van der Waals surface area contributed by atoms with Crippen LogP contribution in [0.3, 0.4) is 0 Å². The Bertz CT molecular complexity index is 892. The fourth-order valence-electron chi connectivity index (χ4n) is 3.18. The Morgan fingerprint density at radius 2 is 2.04 bits per heavy atom. The molecule has 0 radical (unpaired) electrons. The van der Waals surface area contributed by atoms with Crippen molar-refractivity contribution in [3.05, 3.63) is 53.9 Å². The lowest BCUT2D eigenvalue weighted by molar-refractivity contribution is -0.137. The van der Waals surface area contributed by atoms with Crippen LogP contribution in [0.1, 0.15) is 29.7 Å². The predicted octanol–water partition coefficient (Wildman–Crippen LogP) is 2.79. The number of H-pyrrole nitrogens is 1. The van der Waals surface area contributed by atoms with Gasteiger partial charge in [0, 0.05) is 24.5 Å². The smallest absolute Gasteiger partial charge is 0.392 e. The minimum Gasteiger partial charge on any atom is -0.392 e. The van der Waals surface area contributed by atoms with E-state index in [-0.39, 0.29) is 11.9 Å². The number of halogens is 3. The van der Waals surface area contributed by atoms with Gasteiger partial charge in [-0.05, 0) is 18.6 Å². The first-order valence-electron chi connectivity index (χ1n) is 8.32. The molecule has 1 aliphatic rings. The minimum absolute atomic E-state index is 0.207. The molecule has 0 amide bonds. The van der Waals surface area contributed by atoms with Gasteiger partial charge in [-0.3, -0.25) is 4.90 Å². The largest absolute Gasteiger partial charge is 0.416 e. The van der Waals surface area contributed by atoms with E-state index < -0.39 is 17.8 Å². The number of benzene rings is 1. The van der Waals surface area contributed by atoms with Crippen LogP contribution in [0, 0.1) is 0 Å². The molecular weight excluding hydrogens is 363 g/mol. The Hall–Kier alpha value is -2.72. The average molecular weight is 379 g/mol. The fraction of sp³-hybridized carbons (Fsp3) is 0.353. The number of aliphatic hydroxyl groups excluding tert-OH is 1. The highest BCUT2D eigenvalue weighted by atomic mass is 19.4. The Labute approximate surface area is 151 Å². The van der Waals surface area contributed by atoms with Crippen LogP contribution in [-0.2, 0) is 12.7 Å². The maximum absolute atomic E-state index is 12.7. The third-order valence-corrected chi connectivity index (χ3v) is 4.49. The Balaban J connectivity index is 1.54. The zero-order chi connectivity index (χ0) is 19.0. The summed E-state index contributed by atoms with van der Waals surface area (Å²) in [7, 11) is 0. The number of β-amino-alcohol motifs (C(OH)–C–C–N with tert-alkyl or cyclic N) is 1. The summed E-state index contributed by atoms with van der Waals surface area (Å²) in [6, 6.07) is 4.28. The van der Waals surface area contributed by atoms with Gasteiger partial charge in [0.25, 0.3) is 0 Å². The molecule has 1 fully saturated rings. The maximum Gasteiger partial charge on any atom is 0.416 e. The monoisotopic (exact) mass is 379 g/mol. The lowest BCUT2D eigenvalue weighted by Crippen LogP contribution is -2.25. The van der Waals surface area contributed by atoms with Crippen molar-refractivity contribution < 1.29 is 22.8 Å². The molecule has 2 atom stereocenters. The molecule has 4 rings (SSSR count). The molecule has 0 saturated carbocycles. The van der Waals surface area contributed by atoms with E-state index in [9.17, 15) is 18.3 Å². The lowest BCUT2D eigenvalue weighted by Gasteiger charge is -2.19. The summed E-state index contributed by atoms with van der Waals surface area (Å²) < 4.78 is 43.4. The van der Waals surface area contributed by atoms with Gasteiger partial charge in [0.15, 0.2) is 0 Å². The number of nitrogens with zero attached hydrogens (tertiary/aromatic N) is 4. The summed E-state index contributed by atoms with van der Waals surface area (Å²) in [5, 5.41) is 13.9. The summed E-state index contributed by atoms with van der Waals surface area (Å²) >= 11 is 0. The number of nitrogens with one attached hydrogen (secondary N) is 1. The summed E-state index contributed by atoms with van der Waals surface area (Å²) in [6.07, 6.45) is -1.15. The topological polar surface area (TPSA) is 91.1 Å². The summed E-state index contributed by atoms with van der Waals surface area (Å²) in [4.78, 5) is 13.5. The standard InChI is InChI=1S/C17H16F3N5O2/c18-17(19,20)11-3-1-10(2-4-11)15-23-16(27-24-15)13-7-12(26)8-25(13)9-14-21-5-6-22-14/h1-6,12-13,26H,7-9H2,(H,21,22). The quantitative estimate of drug-likeness (QED) is 0.724. The van der Waals surface area contributed by atoms with Gasteiger partial charge in [0.1, 0.15) is 5.82 Å². The first-order valence-corrected chi connectivity index (χ1v) is 8.32. The van der Waals surface area contributed by atoms with Crippen molar-refractivity contribution in [3.63, 3.8) is 0 Å². The molecule has 10 heteroatoms. The van der Waals surface area contributed by atoms with Gasteiger partial charge in [-0.15, -0.1) is 0 Å². The third kappa shape index (κ3) is 3.71. The zero-order valence-electron chi connectivity index (χ0n) is 14.0. The number of likely N-dealkylation sites (tertiary alicyclic amines) is 1. The lowest BCUT2D eigenvalue weighted by atomic mass is 10.1. The Kier molecular flexibility index (Phi) is 4.44. The van der Waals surface area contributed by atoms with Gasteiger partial charge in [0.05, 0.1) is 24.3 Å². The number of hydrogen-bond donors (Lipinski definition) is 2. The van der Waals surface area contributed by atoms with Crippen molar-refractivity contribution in [1.29, 1.82) is 0 Å². The number of imidazole rings is 1. The maximum atomic E-state index is 12.7. The predicted molar refractivity (Wildman–Crippen MR) is 87.1 cm³/mol. The van der Waals surface area contributed by atoms with Crippen LogP contribution in [0.15, 0.2) is 41.2 Å². The van der Waals surface area contributed by atoms with E-state index in [0.29, 0.717) is 31.0 Å². The highest BCUT2D eigenvalue weighted by molar-refractivity contribution is 5.54. The molecule has 1 aromatic carbocycles. The molecule has 27 heavy (non-hydrogen) atoms. The first-order chi connectivity index (χ1) is 12.9. The van der Waals surface area contributed by atoms with Crippen molar-refractivity contribution in [2.24, 2.45) is 0 Å². The van der Waals surface area contributed by atoms with Crippen molar-refractivity contribution >= 4 is 0 Å². The third-order valence-electron chi connectivity index (χ3n) is 4.49. The summed E-state index contributed by atoms with van der Waals surface area (Å²) in [5.74, 6) is 1.27. The molecular formula is C17H16F3N5O2. The van der Waals surface area contributed by atoms with Crippen LogP contribution in [0.4, 0.5) is 13.2 Å². The molecule has 1 saturated heterocycles. The van der Waals surface area contributed by atoms with E-state index in [4.69, 9.17) is 4.52 Å². The summed E-state index contributed by atoms with van der Waals surface area (Å²) in [5.41, 5.74) is -0.312. The molecule has 0 spiro atoms. The van der Waals surface area contributed by atoms with E-state index in [1.807, 2.05) is 4.90 Å². The van der Waals surface area contributed by atoms with Gasteiger partial charge in [-0.1, -0.05) is 17.3 Å². The second kappa shape index (κ2) is 6.78. The van der Waals surface area contributed by atoms with Crippen molar-refractivity contribution in [1.82, 2.24) is 25.0 Å². The highest BCUT2D eigenvalue weighted by Crippen LogP contribution is 2.34. The SMILES string of the molecule is OC1CC(c2nc(-c3ccc(C(F)(F)F)cc3)no2)N(Cc2ncc[nH]2)C1. The number of hydrogen-bond acceptors (Lipinski definition) is 6. The van der Waals surface area contributed by atoms with E-state index in [1.54, 1.807) is 12.4 Å².